The lowest BCUT2D eigenvalue weighted by molar-refractivity contribution is -0.145. The van der Waals surface area contributed by atoms with Gasteiger partial charge in [-0.05, 0) is 93.3 Å². The van der Waals surface area contributed by atoms with Gasteiger partial charge in [-0.25, -0.2) is 14.2 Å². The predicted octanol–water partition coefficient (Wildman–Crippen LogP) is 4.53. The lowest BCUT2D eigenvalue weighted by atomic mass is 9.89. The van der Waals surface area contributed by atoms with E-state index in [1.807, 2.05) is 4.58 Å². The number of carboxylic acid groups (broad SMARTS) is 1. The Balaban J connectivity index is 1.52. The summed E-state index contributed by atoms with van der Waals surface area (Å²) in [5, 5.41) is 37.0. The van der Waals surface area contributed by atoms with Crippen LogP contribution in [0.2, 0.25) is 0 Å². The Hall–Kier alpha value is -5.98. The zero-order chi connectivity index (χ0) is 55.8. The number of hydrogen-bond donors (Lipinski definition) is 9. The molecule has 2 aromatic carbocycles. The molecule has 1 aliphatic carbocycles. The highest BCUT2D eigenvalue weighted by molar-refractivity contribution is 7.86. The van der Waals surface area contributed by atoms with Crippen LogP contribution < -0.4 is 25.4 Å². The zero-order valence-electron chi connectivity index (χ0n) is 41.2. The topological polar surface area (TPSA) is 384 Å². The van der Waals surface area contributed by atoms with Gasteiger partial charge >= 0.3 is 11.9 Å². The van der Waals surface area contributed by atoms with Crippen molar-refractivity contribution in [3.05, 3.63) is 88.8 Å². The summed E-state index contributed by atoms with van der Waals surface area (Å²) in [6.45, 7) is 0.911. The molecule has 0 saturated carbocycles. The SMILES string of the molecule is O=C(CCCCCCNC(=O)c1ccc(-c2c3ccc(=[N+](CCCCS(=O)(=O)O)CCCCS(=O)(=O)O)cc-3oc3cc(C(CCCS(=O)(=O)O)NCCCCS(=O)(=O)O)ccc23)c(C(=O)O)c1)On1c(O)ccc1O. The fourth-order valence-corrected chi connectivity index (χ4v) is 10.7. The summed E-state index contributed by atoms with van der Waals surface area (Å²) >= 11 is 0. The molecule has 0 bridgehead atoms. The van der Waals surface area contributed by atoms with Crippen LogP contribution >= 0.6 is 0 Å². The van der Waals surface area contributed by atoms with Crippen LogP contribution in [0.25, 0.3) is 33.4 Å². The number of carbonyl (C=O) groups excluding carboxylic acids is 2. The minimum atomic E-state index is -4.34. The van der Waals surface area contributed by atoms with Gasteiger partial charge in [0.05, 0.1) is 34.6 Å². The smallest absolute Gasteiger partial charge is 0.336 e. The largest absolute Gasteiger partial charge is 0.492 e. The Labute approximate surface area is 439 Å². The standard InChI is InChI=1S/C48H62N4O20S4/c53-43-20-21-44(54)52(43)72-45(55)13-3-1-2-4-23-50-47(56)34-15-17-36(39(30-34)48(57)58)46-37-18-14-33(40(12-11-29-76(68,69)70)49-22-5-8-26-73(59,60)61)31-41(37)71-42-32-35(16-19-38(42)46)51(24-6-9-27-74(62,63)64)25-7-10-28-75(65,66)67/h14-21,30-32,40,49-50H,1-13,22-29H2,(H6,56,57,58,59,60,61,62,63,64,65,66,67,68,69,70)/p+1. The van der Waals surface area contributed by atoms with E-state index >= 15 is 0 Å². The zero-order valence-corrected chi connectivity index (χ0v) is 44.5. The van der Waals surface area contributed by atoms with Gasteiger partial charge < -0.3 is 35.2 Å². The Kier molecular flexibility index (Phi) is 21.9. The Bertz CT molecular complexity index is 3290. The van der Waals surface area contributed by atoms with Crippen molar-refractivity contribution in [2.24, 2.45) is 0 Å². The van der Waals surface area contributed by atoms with E-state index in [1.165, 1.54) is 18.2 Å². The van der Waals surface area contributed by atoms with E-state index in [0.29, 0.717) is 64.3 Å². The summed E-state index contributed by atoms with van der Waals surface area (Å²) in [5.41, 5.74) is 1.53. The van der Waals surface area contributed by atoms with Crippen molar-refractivity contribution >= 4 is 69.3 Å². The summed E-state index contributed by atoms with van der Waals surface area (Å²) in [4.78, 5) is 43.7. The van der Waals surface area contributed by atoms with Crippen molar-refractivity contribution in [3.63, 3.8) is 0 Å². The van der Waals surface area contributed by atoms with E-state index < -0.39 is 99.1 Å². The molecule has 28 heteroatoms. The molecular weight excluding hydrogens is 1080 g/mol. The van der Waals surface area contributed by atoms with E-state index in [4.69, 9.17) is 9.25 Å². The number of aromatic nitrogens is 1. The molecule has 5 rings (SSSR count). The third-order valence-electron chi connectivity index (χ3n) is 12.1. The Morgan fingerprint density at radius 3 is 1.79 bits per heavy atom. The highest BCUT2D eigenvalue weighted by Gasteiger charge is 2.26. The molecule has 1 aromatic heterocycles. The molecule has 76 heavy (non-hydrogen) atoms. The number of nitrogens with zero attached hydrogens (tertiary/aromatic N) is 2. The number of aromatic carboxylic acids is 1. The second-order valence-electron chi connectivity index (χ2n) is 18.1. The molecule has 3 aromatic rings. The Morgan fingerprint density at radius 1 is 0.618 bits per heavy atom. The van der Waals surface area contributed by atoms with Gasteiger partial charge in [-0.1, -0.05) is 31.0 Å². The number of rotatable bonds is 32. The number of aromatic hydroxyl groups is 2. The van der Waals surface area contributed by atoms with Gasteiger partial charge in [0.1, 0.15) is 24.4 Å². The maximum atomic E-state index is 13.4. The first-order chi connectivity index (χ1) is 35.7. The van der Waals surface area contributed by atoms with Crippen LogP contribution in [0, 0.1) is 0 Å². The molecule has 1 atom stereocenters. The fourth-order valence-electron chi connectivity index (χ4n) is 8.46. The maximum absolute atomic E-state index is 13.4. The highest BCUT2D eigenvalue weighted by atomic mass is 32.2. The molecule has 1 aliphatic heterocycles. The lowest BCUT2D eigenvalue weighted by Crippen LogP contribution is -2.32. The van der Waals surface area contributed by atoms with Gasteiger partial charge in [-0.3, -0.25) is 23.0 Å². The quantitative estimate of drug-likeness (QED) is 0.0124. The third kappa shape index (κ3) is 19.9. The average molecular weight is 1140 g/mol. The van der Waals surface area contributed by atoms with Crippen molar-refractivity contribution in [2.75, 3.05) is 49.2 Å². The van der Waals surface area contributed by atoms with Gasteiger partial charge in [0, 0.05) is 72.1 Å². The lowest BCUT2D eigenvalue weighted by Gasteiger charge is -2.21. The summed E-state index contributed by atoms with van der Waals surface area (Å²) in [5.74, 6) is -5.33. The molecule has 418 valence electrons. The van der Waals surface area contributed by atoms with Crippen LogP contribution in [0.4, 0.5) is 0 Å². The van der Waals surface area contributed by atoms with E-state index in [2.05, 4.69) is 10.6 Å². The molecule has 2 heterocycles. The molecule has 24 nitrogen and oxygen atoms in total. The number of unbranched alkanes of at least 4 members (excludes halogenated alkanes) is 6. The molecule has 2 aliphatic rings. The van der Waals surface area contributed by atoms with Crippen molar-refractivity contribution in [1.82, 2.24) is 19.9 Å². The number of benzene rings is 3. The minimum absolute atomic E-state index is 0.0000151. The van der Waals surface area contributed by atoms with E-state index in [9.17, 15) is 81.6 Å². The number of carbonyl (C=O) groups is 3. The van der Waals surface area contributed by atoms with Crippen LogP contribution in [0.3, 0.4) is 0 Å². The first-order valence-corrected chi connectivity index (χ1v) is 30.7. The monoisotopic (exact) mass is 1140 g/mol. The number of hydrogen-bond acceptors (Lipinski definition) is 16. The molecule has 9 N–H and O–H groups in total. The summed E-state index contributed by atoms with van der Waals surface area (Å²) in [6, 6.07) is 16.0. The van der Waals surface area contributed by atoms with E-state index in [0.717, 1.165) is 12.1 Å². The average Bonchev–Trinajstić information content (AvgIpc) is 3.64. The Morgan fingerprint density at radius 2 is 1.18 bits per heavy atom. The third-order valence-corrected chi connectivity index (χ3v) is 15.4. The number of fused-ring (bicyclic) bond motifs is 2. The van der Waals surface area contributed by atoms with Crippen LogP contribution in [-0.4, -0.2) is 139 Å². The molecular formula is C48H63N4O20S4+. The summed E-state index contributed by atoms with van der Waals surface area (Å²) in [7, 11) is -17.1. The van der Waals surface area contributed by atoms with Crippen LogP contribution in [0.1, 0.15) is 116 Å². The fraction of sp³-hybridized carbons (Fsp3) is 0.458. The summed E-state index contributed by atoms with van der Waals surface area (Å²) < 4.78 is 138. The second-order valence-corrected chi connectivity index (χ2v) is 24.4. The minimum Gasteiger partial charge on any atom is -0.492 e. The van der Waals surface area contributed by atoms with Gasteiger partial charge in [0.2, 0.25) is 17.1 Å². The summed E-state index contributed by atoms with van der Waals surface area (Å²) in [6.07, 6.45) is 3.41. The van der Waals surface area contributed by atoms with Crippen LogP contribution in [0.15, 0.2) is 71.1 Å². The predicted molar refractivity (Wildman–Crippen MR) is 278 cm³/mol. The molecule has 0 spiro atoms. The van der Waals surface area contributed by atoms with Crippen molar-refractivity contribution in [3.8, 4) is 34.2 Å². The highest BCUT2D eigenvalue weighted by Crippen LogP contribution is 2.42. The normalized spacial score (nSPS) is 12.7. The van der Waals surface area contributed by atoms with Crippen LogP contribution in [0.5, 0.6) is 11.8 Å². The van der Waals surface area contributed by atoms with Gasteiger partial charge in [0.15, 0.2) is 0 Å². The first-order valence-electron chi connectivity index (χ1n) is 24.3. The molecule has 0 radical (unpaired) electrons. The molecule has 0 fully saturated rings. The van der Waals surface area contributed by atoms with Gasteiger partial charge in [-0.15, -0.1) is 4.73 Å². The van der Waals surface area contributed by atoms with Crippen molar-refractivity contribution < 1.29 is 90.8 Å². The second kappa shape index (κ2) is 27.4. The van der Waals surface area contributed by atoms with Crippen molar-refractivity contribution in [2.45, 2.75) is 89.5 Å². The van der Waals surface area contributed by atoms with Crippen LogP contribution in [-0.2, 0) is 45.3 Å². The number of nitrogens with one attached hydrogen (secondary N) is 2. The number of carboxylic acids is 1. The molecule has 1 unspecified atom stereocenters. The van der Waals surface area contributed by atoms with E-state index in [-0.39, 0.29) is 106 Å². The van der Waals surface area contributed by atoms with E-state index in [1.54, 1.807) is 36.4 Å². The van der Waals surface area contributed by atoms with Crippen molar-refractivity contribution in [1.29, 1.82) is 0 Å². The molecule has 1 amide bonds. The maximum Gasteiger partial charge on any atom is 0.336 e. The number of amides is 1. The molecule has 0 saturated heterocycles. The van der Waals surface area contributed by atoms with Gasteiger partial charge in [0.25, 0.3) is 46.4 Å². The first kappa shape index (κ1) is 60.9. The van der Waals surface area contributed by atoms with Gasteiger partial charge in [-0.2, -0.15) is 33.7 Å².